The number of rotatable bonds is 11. The van der Waals surface area contributed by atoms with E-state index in [4.69, 9.17) is 14.2 Å². The molecule has 0 unspecified atom stereocenters. The van der Waals surface area contributed by atoms with Gasteiger partial charge in [0.25, 0.3) is 5.69 Å². The number of nitrogens with zero attached hydrogens (tertiary/aromatic N) is 2. The molecule has 21 heavy (non-hydrogen) atoms. The maximum Gasteiger partial charge on any atom is 0.278 e. The maximum atomic E-state index is 10.8. The highest BCUT2D eigenvalue weighted by atomic mass is 16.6. The fourth-order valence-corrected chi connectivity index (χ4v) is 1.52. The van der Waals surface area contributed by atoms with Gasteiger partial charge in [0, 0.05) is 26.7 Å². The average molecular weight is 299 g/mol. The van der Waals surface area contributed by atoms with Gasteiger partial charge in [0.2, 0.25) is 5.88 Å². The highest BCUT2D eigenvalue weighted by molar-refractivity contribution is 5.48. The van der Waals surface area contributed by atoms with Crippen molar-refractivity contribution in [3.63, 3.8) is 0 Å². The Balaban J connectivity index is 2.44. The number of ether oxygens (including phenoxy) is 3. The zero-order valence-electron chi connectivity index (χ0n) is 12.3. The minimum Gasteiger partial charge on any atom is -0.477 e. The lowest BCUT2D eigenvalue weighted by Crippen LogP contribution is -2.08. The monoisotopic (exact) mass is 299 g/mol. The van der Waals surface area contributed by atoms with Crippen molar-refractivity contribution in [1.29, 1.82) is 0 Å². The second-order valence-corrected chi connectivity index (χ2v) is 4.14. The van der Waals surface area contributed by atoms with Crippen molar-refractivity contribution in [2.45, 2.75) is 13.3 Å². The van der Waals surface area contributed by atoms with Gasteiger partial charge in [0.15, 0.2) is 0 Å². The number of nitro groups is 1. The van der Waals surface area contributed by atoms with E-state index in [2.05, 4.69) is 10.3 Å². The van der Waals surface area contributed by atoms with E-state index >= 15 is 0 Å². The summed E-state index contributed by atoms with van der Waals surface area (Å²) in [6.07, 6.45) is 0.671. The van der Waals surface area contributed by atoms with E-state index in [0.717, 1.165) is 0 Å². The van der Waals surface area contributed by atoms with Crippen molar-refractivity contribution >= 4 is 11.5 Å². The topological polar surface area (TPSA) is 95.8 Å². The highest BCUT2D eigenvalue weighted by Crippen LogP contribution is 2.22. The van der Waals surface area contributed by atoms with Crippen LogP contribution in [0.15, 0.2) is 12.1 Å². The van der Waals surface area contributed by atoms with Crippen LogP contribution < -0.4 is 10.1 Å². The Morgan fingerprint density at radius 2 is 2.10 bits per heavy atom. The molecule has 8 heteroatoms. The summed E-state index contributed by atoms with van der Waals surface area (Å²) in [4.78, 5) is 14.5. The van der Waals surface area contributed by atoms with E-state index in [-0.39, 0.29) is 11.6 Å². The third-order valence-electron chi connectivity index (χ3n) is 2.47. The van der Waals surface area contributed by atoms with Gasteiger partial charge in [-0.1, -0.05) is 0 Å². The molecule has 0 aromatic carbocycles. The summed E-state index contributed by atoms with van der Waals surface area (Å²) in [5.74, 6) is 0.662. The number of pyridine rings is 1. The lowest BCUT2D eigenvalue weighted by Gasteiger charge is -2.08. The van der Waals surface area contributed by atoms with E-state index in [1.54, 1.807) is 7.11 Å². The molecule has 0 spiro atoms. The van der Waals surface area contributed by atoms with E-state index in [9.17, 15) is 10.1 Å². The molecule has 0 saturated heterocycles. The van der Waals surface area contributed by atoms with Crippen LogP contribution in [0.1, 0.15) is 13.3 Å². The lowest BCUT2D eigenvalue weighted by molar-refractivity contribution is -0.384. The summed E-state index contributed by atoms with van der Waals surface area (Å²) in [5, 5.41) is 13.8. The van der Waals surface area contributed by atoms with Crippen LogP contribution >= 0.6 is 0 Å². The SMILES string of the molecule is CCNc1cc([N+](=O)[O-])cc(OCCCOCCOC)n1. The van der Waals surface area contributed by atoms with Crippen molar-refractivity contribution < 1.29 is 19.1 Å². The third-order valence-corrected chi connectivity index (χ3v) is 2.47. The molecule has 0 fully saturated rings. The van der Waals surface area contributed by atoms with Crippen LogP contribution in [0.3, 0.4) is 0 Å². The minimum absolute atomic E-state index is 0.0488. The summed E-state index contributed by atoms with van der Waals surface area (Å²) in [6, 6.07) is 2.69. The molecule has 8 nitrogen and oxygen atoms in total. The molecule has 0 amide bonds. The quantitative estimate of drug-likeness (QED) is 0.378. The molecular weight excluding hydrogens is 278 g/mol. The second-order valence-electron chi connectivity index (χ2n) is 4.14. The normalized spacial score (nSPS) is 10.4. The Kier molecular flexibility index (Phi) is 8.07. The van der Waals surface area contributed by atoms with Crippen LogP contribution in [0.25, 0.3) is 0 Å². The van der Waals surface area contributed by atoms with Gasteiger partial charge < -0.3 is 19.5 Å². The van der Waals surface area contributed by atoms with Crippen LogP contribution in [0, 0.1) is 10.1 Å². The molecule has 1 rings (SSSR count). The standard InChI is InChI=1S/C13H21N3O5/c1-3-14-12-9-11(16(17)18)10-13(15-12)21-6-4-5-20-8-7-19-2/h9-10H,3-8H2,1-2H3,(H,14,15). The van der Waals surface area contributed by atoms with Crippen molar-refractivity contribution in [2.24, 2.45) is 0 Å². The average Bonchev–Trinajstić information content (AvgIpc) is 2.46. The van der Waals surface area contributed by atoms with Crippen molar-refractivity contribution in [3.8, 4) is 5.88 Å². The fourth-order valence-electron chi connectivity index (χ4n) is 1.52. The summed E-state index contributed by atoms with van der Waals surface area (Å²) in [7, 11) is 1.61. The Labute approximate surface area is 123 Å². The lowest BCUT2D eigenvalue weighted by atomic mass is 10.4. The van der Waals surface area contributed by atoms with Gasteiger partial charge in [-0.05, 0) is 6.92 Å². The summed E-state index contributed by atoms with van der Waals surface area (Å²) >= 11 is 0. The molecular formula is C13H21N3O5. The van der Waals surface area contributed by atoms with Crippen LogP contribution in [0.5, 0.6) is 5.88 Å². The molecule has 1 N–H and O–H groups in total. The van der Waals surface area contributed by atoms with E-state index < -0.39 is 4.92 Å². The number of hydrogen-bond donors (Lipinski definition) is 1. The van der Waals surface area contributed by atoms with E-state index in [1.807, 2.05) is 6.92 Å². The molecule has 1 aromatic heterocycles. The smallest absolute Gasteiger partial charge is 0.278 e. The zero-order valence-corrected chi connectivity index (χ0v) is 12.3. The first kappa shape index (κ1) is 17.1. The number of hydrogen-bond acceptors (Lipinski definition) is 7. The molecule has 0 saturated carbocycles. The van der Waals surface area contributed by atoms with Gasteiger partial charge in [-0.2, -0.15) is 4.98 Å². The molecule has 1 heterocycles. The maximum absolute atomic E-state index is 10.8. The summed E-state index contributed by atoms with van der Waals surface area (Å²) in [5.41, 5.74) is -0.0488. The largest absolute Gasteiger partial charge is 0.477 e. The zero-order chi connectivity index (χ0) is 15.5. The molecule has 0 radical (unpaired) electrons. The Hall–Kier alpha value is -1.93. The van der Waals surface area contributed by atoms with Crippen molar-refractivity contribution in [1.82, 2.24) is 4.98 Å². The summed E-state index contributed by atoms with van der Waals surface area (Å²) in [6.45, 7) is 4.53. The van der Waals surface area contributed by atoms with Crippen molar-refractivity contribution in [2.75, 3.05) is 45.4 Å². The number of anilines is 1. The van der Waals surface area contributed by atoms with Gasteiger partial charge in [0.1, 0.15) is 5.82 Å². The van der Waals surface area contributed by atoms with Crippen LogP contribution in [-0.4, -0.2) is 50.0 Å². The molecule has 0 atom stereocenters. The Morgan fingerprint density at radius 1 is 1.29 bits per heavy atom. The predicted octanol–water partition coefficient (Wildman–Crippen LogP) is 1.85. The second kappa shape index (κ2) is 9.89. The molecule has 118 valence electrons. The van der Waals surface area contributed by atoms with Gasteiger partial charge in [-0.15, -0.1) is 0 Å². The number of methoxy groups -OCH3 is 1. The third kappa shape index (κ3) is 6.87. The number of aromatic nitrogens is 1. The summed E-state index contributed by atoms with van der Waals surface area (Å²) < 4.78 is 15.6. The van der Waals surface area contributed by atoms with Crippen LogP contribution in [0.2, 0.25) is 0 Å². The van der Waals surface area contributed by atoms with Gasteiger partial charge >= 0.3 is 0 Å². The fraction of sp³-hybridized carbons (Fsp3) is 0.615. The Bertz CT molecular complexity index is 442. The van der Waals surface area contributed by atoms with Gasteiger partial charge in [-0.3, -0.25) is 10.1 Å². The van der Waals surface area contributed by atoms with E-state index in [0.29, 0.717) is 45.2 Å². The first-order chi connectivity index (χ1) is 10.2. The number of nitrogens with one attached hydrogen (secondary N) is 1. The van der Waals surface area contributed by atoms with Gasteiger partial charge in [-0.25, -0.2) is 0 Å². The Morgan fingerprint density at radius 3 is 2.76 bits per heavy atom. The first-order valence-electron chi connectivity index (χ1n) is 6.77. The molecule has 0 aliphatic rings. The molecule has 1 aromatic rings. The molecule has 0 aliphatic heterocycles. The molecule has 0 bridgehead atoms. The van der Waals surface area contributed by atoms with E-state index in [1.165, 1.54) is 12.1 Å². The van der Waals surface area contributed by atoms with Crippen LogP contribution in [0.4, 0.5) is 11.5 Å². The predicted molar refractivity (Wildman–Crippen MR) is 77.9 cm³/mol. The highest BCUT2D eigenvalue weighted by Gasteiger charge is 2.11. The first-order valence-corrected chi connectivity index (χ1v) is 6.77. The minimum atomic E-state index is -0.469. The molecule has 0 aliphatic carbocycles. The van der Waals surface area contributed by atoms with Crippen molar-refractivity contribution in [3.05, 3.63) is 22.2 Å². The van der Waals surface area contributed by atoms with Gasteiger partial charge in [0.05, 0.1) is 36.9 Å². The van der Waals surface area contributed by atoms with Crippen LogP contribution in [-0.2, 0) is 9.47 Å².